The lowest BCUT2D eigenvalue weighted by atomic mass is 9.99. The number of ether oxygens (including phenoxy) is 4. The summed E-state index contributed by atoms with van der Waals surface area (Å²) in [6.07, 6.45) is -6.53. The summed E-state index contributed by atoms with van der Waals surface area (Å²) in [6, 6.07) is 6.40. The van der Waals surface area contributed by atoms with Gasteiger partial charge >= 0.3 is 5.97 Å². The highest BCUT2D eigenvalue weighted by Gasteiger charge is 2.46. The molecule has 186 valence electrons. The van der Waals surface area contributed by atoms with E-state index in [-0.39, 0.29) is 28.6 Å². The first-order valence-electron chi connectivity index (χ1n) is 10.4. The van der Waals surface area contributed by atoms with Gasteiger partial charge in [0.1, 0.15) is 31.0 Å². The topological polar surface area (TPSA) is 192 Å². The van der Waals surface area contributed by atoms with E-state index in [0.717, 1.165) is 6.92 Å². The van der Waals surface area contributed by atoms with Crippen molar-refractivity contribution in [3.63, 3.8) is 0 Å². The number of carbonyl (C=O) groups excluding carboxylic acids is 2. The van der Waals surface area contributed by atoms with Crippen LogP contribution in [0.15, 0.2) is 36.1 Å². The number of phenolic OH excluding ortho intramolecular Hbond substituents is 3. The van der Waals surface area contributed by atoms with E-state index in [9.17, 15) is 40.2 Å². The normalized spacial score (nSPS) is 26.8. The summed E-state index contributed by atoms with van der Waals surface area (Å²) >= 11 is 0. The molecule has 2 heterocycles. The number of ketones is 1. The number of rotatable bonds is 5. The van der Waals surface area contributed by atoms with E-state index in [2.05, 4.69) is 0 Å². The van der Waals surface area contributed by atoms with Gasteiger partial charge in [0.25, 0.3) is 0 Å². The minimum absolute atomic E-state index is 0.0115. The van der Waals surface area contributed by atoms with E-state index in [1.807, 2.05) is 0 Å². The van der Waals surface area contributed by atoms with Crippen LogP contribution in [0.4, 0.5) is 0 Å². The highest BCUT2D eigenvalue weighted by molar-refractivity contribution is 6.15. The molecule has 2 aliphatic heterocycles. The first kappa shape index (κ1) is 24.3. The number of hydrogen-bond donors (Lipinski definition) is 6. The van der Waals surface area contributed by atoms with Crippen molar-refractivity contribution in [2.75, 3.05) is 6.61 Å². The Kier molecular flexibility index (Phi) is 6.54. The van der Waals surface area contributed by atoms with E-state index in [4.69, 9.17) is 18.9 Å². The predicted octanol–water partition coefficient (Wildman–Crippen LogP) is 0.169. The van der Waals surface area contributed by atoms with Crippen LogP contribution in [0.3, 0.4) is 0 Å². The third-order valence-corrected chi connectivity index (χ3v) is 5.43. The van der Waals surface area contributed by atoms with E-state index >= 15 is 0 Å². The number of fused-ring (bicyclic) bond motifs is 1. The molecule has 0 spiro atoms. The first-order valence-corrected chi connectivity index (χ1v) is 10.4. The average Bonchev–Trinajstić information content (AvgIpc) is 3.13. The van der Waals surface area contributed by atoms with Gasteiger partial charge in [-0.25, -0.2) is 0 Å². The lowest BCUT2D eigenvalue weighted by Crippen LogP contribution is -2.60. The number of benzene rings is 2. The van der Waals surface area contributed by atoms with Crippen LogP contribution in [0.25, 0.3) is 6.08 Å². The first-order chi connectivity index (χ1) is 16.6. The molecule has 5 atom stereocenters. The highest BCUT2D eigenvalue weighted by atomic mass is 16.7. The summed E-state index contributed by atoms with van der Waals surface area (Å²) < 4.78 is 21.2. The molecule has 2 aromatic rings. The Morgan fingerprint density at radius 3 is 2.46 bits per heavy atom. The Morgan fingerprint density at radius 1 is 1.03 bits per heavy atom. The van der Waals surface area contributed by atoms with Gasteiger partial charge in [0, 0.05) is 6.92 Å². The second kappa shape index (κ2) is 9.43. The predicted molar refractivity (Wildman–Crippen MR) is 115 cm³/mol. The van der Waals surface area contributed by atoms with Gasteiger partial charge in [-0.1, -0.05) is 6.07 Å². The zero-order chi connectivity index (χ0) is 25.4. The average molecular weight is 490 g/mol. The van der Waals surface area contributed by atoms with E-state index in [1.165, 1.54) is 36.4 Å². The van der Waals surface area contributed by atoms with Gasteiger partial charge < -0.3 is 49.6 Å². The Labute approximate surface area is 197 Å². The van der Waals surface area contributed by atoms with Crippen molar-refractivity contribution in [1.29, 1.82) is 0 Å². The van der Waals surface area contributed by atoms with Crippen LogP contribution in [0.5, 0.6) is 28.7 Å². The van der Waals surface area contributed by atoms with Gasteiger partial charge in [-0.05, 0) is 35.9 Å². The van der Waals surface area contributed by atoms with Crippen molar-refractivity contribution in [3.8, 4) is 28.7 Å². The second-order valence-corrected chi connectivity index (χ2v) is 7.91. The zero-order valence-electron chi connectivity index (χ0n) is 18.2. The number of carbonyl (C=O) groups is 2. The molecule has 0 unspecified atom stereocenters. The molecule has 1 saturated heterocycles. The van der Waals surface area contributed by atoms with Crippen molar-refractivity contribution in [2.45, 2.75) is 37.6 Å². The Balaban J connectivity index is 1.55. The van der Waals surface area contributed by atoms with E-state index in [0.29, 0.717) is 5.56 Å². The van der Waals surface area contributed by atoms with Crippen molar-refractivity contribution in [3.05, 3.63) is 47.2 Å². The van der Waals surface area contributed by atoms with Gasteiger partial charge in [-0.3, -0.25) is 9.59 Å². The lowest BCUT2D eigenvalue weighted by molar-refractivity contribution is -0.278. The number of aliphatic hydroxyl groups excluding tert-OH is 3. The van der Waals surface area contributed by atoms with Crippen LogP contribution in [0, 0.1) is 0 Å². The molecule has 0 aliphatic carbocycles. The minimum atomic E-state index is -1.73. The van der Waals surface area contributed by atoms with E-state index < -0.39 is 60.6 Å². The molecule has 6 N–H and O–H groups in total. The number of aliphatic hydroxyl groups is 3. The maximum absolute atomic E-state index is 12.7. The fraction of sp³-hybridized carbons (Fsp3) is 0.304. The molecule has 0 radical (unpaired) electrons. The second-order valence-electron chi connectivity index (χ2n) is 7.91. The third-order valence-electron chi connectivity index (χ3n) is 5.43. The number of hydrogen-bond acceptors (Lipinski definition) is 12. The molecule has 1 fully saturated rings. The van der Waals surface area contributed by atoms with Crippen LogP contribution in [0.1, 0.15) is 22.8 Å². The smallest absolute Gasteiger partial charge is 0.302 e. The number of Topliss-reactive ketones (excluding diaryl/α,β-unsaturated/α-hetero) is 1. The molecule has 12 nitrogen and oxygen atoms in total. The van der Waals surface area contributed by atoms with Crippen molar-refractivity contribution in [1.82, 2.24) is 0 Å². The standard InChI is InChI=1S/C23H22O12/c1-9(24)32-8-16-18(28)20(30)21(31)23(35-16)34-14-5-3-11-17(27)15(33-22(11)19(14)29)7-10-2-4-12(25)13(26)6-10/h2-7,16,18,20-21,23,25-26,28-31H,8H2,1H3/b15-7-/t16-,18-,20+,21-,23-/m1/s1. The van der Waals surface area contributed by atoms with Crippen molar-refractivity contribution in [2.24, 2.45) is 0 Å². The summed E-state index contributed by atoms with van der Waals surface area (Å²) in [5.41, 5.74) is 0.356. The monoisotopic (exact) mass is 490 g/mol. The third kappa shape index (κ3) is 4.72. The molecule has 0 saturated carbocycles. The van der Waals surface area contributed by atoms with Gasteiger partial charge in [0.15, 0.2) is 28.8 Å². The number of allylic oxidation sites excluding steroid dienone is 1. The molecule has 0 amide bonds. The molecule has 12 heteroatoms. The lowest BCUT2D eigenvalue weighted by Gasteiger charge is -2.39. The summed E-state index contributed by atoms with van der Waals surface area (Å²) in [4.78, 5) is 23.7. The Bertz CT molecular complexity index is 1190. The highest BCUT2D eigenvalue weighted by Crippen LogP contribution is 2.45. The van der Waals surface area contributed by atoms with Crippen LogP contribution >= 0.6 is 0 Å². The molecular formula is C23H22O12. The van der Waals surface area contributed by atoms with Crippen molar-refractivity contribution < 1.29 is 59.2 Å². The largest absolute Gasteiger partial charge is 0.504 e. The minimum Gasteiger partial charge on any atom is -0.504 e. The Morgan fingerprint density at radius 2 is 1.77 bits per heavy atom. The molecule has 0 bridgehead atoms. The maximum atomic E-state index is 12.7. The summed E-state index contributed by atoms with van der Waals surface area (Å²) in [5, 5.41) is 60.2. The maximum Gasteiger partial charge on any atom is 0.302 e. The quantitative estimate of drug-likeness (QED) is 0.189. The van der Waals surface area contributed by atoms with Gasteiger partial charge in [-0.15, -0.1) is 0 Å². The molecule has 2 aliphatic rings. The number of aromatic hydroxyl groups is 3. The van der Waals surface area contributed by atoms with Crippen LogP contribution in [-0.4, -0.2) is 79.7 Å². The molecule has 2 aromatic carbocycles. The summed E-state index contributed by atoms with van der Waals surface area (Å²) in [5.74, 6) is -3.22. The fourth-order valence-corrected chi connectivity index (χ4v) is 3.57. The van der Waals surface area contributed by atoms with Gasteiger partial charge in [0.05, 0.1) is 5.56 Å². The molecule has 4 rings (SSSR count). The Hall–Kier alpha value is -3.84. The van der Waals surface area contributed by atoms with E-state index in [1.54, 1.807) is 0 Å². The molecule has 35 heavy (non-hydrogen) atoms. The van der Waals surface area contributed by atoms with Crippen LogP contribution in [0.2, 0.25) is 0 Å². The number of esters is 1. The molecule has 0 aromatic heterocycles. The zero-order valence-corrected chi connectivity index (χ0v) is 18.2. The van der Waals surface area contributed by atoms with Crippen LogP contribution < -0.4 is 9.47 Å². The SMILES string of the molecule is CC(=O)OC[C@H]1O[C@@H](Oc2ccc3c(c2O)O/C(=C\c2ccc(O)c(O)c2)C3=O)[C@H](O)[C@@H](O)[C@@H]1O. The van der Waals surface area contributed by atoms with Crippen molar-refractivity contribution >= 4 is 17.8 Å². The van der Waals surface area contributed by atoms with Crippen LogP contribution in [-0.2, 0) is 14.3 Å². The molecular weight excluding hydrogens is 468 g/mol. The van der Waals surface area contributed by atoms with Gasteiger partial charge in [0.2, 0.25) is 17.8 Å². The number of phenols is 3. The van der Waals surface area contributed by atoms with Gasteiger partial charge in [-0.2, -0.15) is 0 Å². The summed E-state index contributed by atoms with van der Waals surface area (Å²) in [7, 11) is 0. The fourth-order valence-electron chi connectivity index (χ4n) is 3.57. The summed E-state index contributed by atoms with van der Waals surface area (Å²) in [6.45, 7) is 0.723.